The third-order valence-corrected chi connectivity index (χ3v) is 4.28. The van der Waals surface area contributed by atoms with Gasteiger partial charge in [0.1, 0.15) is 0 Å². The highest BCUT2D eigenvalue weighted by molar-refractivity contribution is 7.88. The molecule has 0 atom stereocenters. The van der Waals surface area contributed by atoms with Crippen LogP contribution >= 0.6 is 0 Å². The Morgan fingerprint density at radius 2 is 1.96 bits per heavy atom. The van der Waals surface area contributed by atoms with Crippen LogP contribution in [0, 0.1) is 0 Å². The highest BCUT2D eigenvalue weighted by Crippen LogP contribution is 2.32. The lowest BCUT2D eigenvalue weighted by molar-refractivity contribution is 0.174. The van der Waals surface area contributed by atoms with E-state index in [1.165, 1.54) is 0 Å². The molecule has 0 aliphatic carbocycles. The van der Waals surface area contributed by atoms with Crippen LogP contribution in [0.2, 0.25) is 0 Å². The molecule has 0 aromatic heterocycles. The van der Waals surface area contributed by atoms with E-state index in [0.29, 0.717) is 25.6 Å². The van der Waals surface area contributed by atoms with Crippen molar-refractivity contribution in [3.8, 4) is 11.5 Å². The van der Waals surface area contributed by atoms with E-state index in [0.717, 1.165) is 23.3 Å². The van der Waals surface area contributed by atoms with Crippen molar-refractivity contribution in [1.29, 1.82) is 0 Å². The molecule has 25 heavy (non-hydrogen) atoms. The van der Waals surface area contributed by atoms with Crippen LogP contribution < -0.4 is 24.8 Å². The fourth-order valence-electron chi connectivity index (χ4n) is 2.39. The minimum atomic E-state index is -3.28. The first kappa shape index (κ1) is 19.3. The van der Waals surface area contributed by atoms with Gasteiger partial charge in [0.2, 0.25) is 16.8 Å². The molecule has 2 rings (SSSR count). The summed E-state index contributed by atoms with van der Waals surface area (Å²) in [5.41, 5.74) is 0.359. The van der Waals surface area contributed by atoms with Gasteiger partial charge in [0.05, 0.1) is 12.8 Å². The smallest absolute Gasteiger partial charge is 0.231 e. The summed E-state index contributed by atoms with van der Waals surface area (Å²) in [6.07, 6.45) is 1.15. The Morgan fingerprint density at radius 3 is 2.64 bits per heavy atom. The van der Waals surface area contributed by atoms with Gasteiger partial charge in [-0.05, 0) is 38.5 Å². The Morgan fingerprint density at radius 1 is 1.24 bits per heavy atom. The fraction of sp³-hybridized carbons (Fsp3) is 0.562. The molecule has 0 unspecified atom stereocenters. The number of nitrogens with zero attached hydrogens (tertiary/aromatic N) is 1. The van der Waals surface area contributed by atoms with Gasteiger partial charge in [-0.2, -0.15) is 0 Å². The standard InChI is InChI=1S/C16H26N4O4S/c1-5-17-15(19-10-16(2,3)20-25(4,21)22)18-9-12-6-7-13-14(8-12)24-11-23-13/h6-8,20H,5,9-11H2,1-4H3,(H2,17,18,19). The van der Waals surface area contributed by atoms with E-state index in [1.807, 2.05) is 39.0 Å². The Balaban J connectivity index is 1.98. The van der Waals surface area contributed by atoms with Gasteiger partial charge in [0.25, 0.3) is 0 Å². The number of sulfonamides is 1. The van der Waals surface area contributed by atoms with Crippen molar-refractivity contribution in [2.45, 2.75) is 32.9 Å². The van der Waals surface area contributed by atoms with Gasteiger partial charge >= 0.3 is 0 Å². The average molecular weight is 370 g/mol. The van der Waals surface area contributed by atoms with E-state index in [9.17, 15) is 8.42 Å². The molecule has 8 nitrogen and oxygen atoms in total. The van der Waals surface area contributed by atoms with Gasteiger partial charge in [-0.3, -0.25) is 0 Å². The van der Waals surface area contributed by atoms with Crippen LogP contribution in [0.25, 0.3) is 0 Å². The second-order valence-electron chi connectivity index (χ2n) is 6.49. The summed E-state index contributed by atoms with van der Waals surface area (Å²) in [4.78, 5) is 4.53. The topological polar surface area (TPSA) is 101 Å². The van der Waals surface area contributed by atoms with Crippen molar-refractivity contribution in [2.75, 3.05) is 26.1 Å². The maximum absolute atomic E-state index is 11.4. The number of hydrogen-bond acceptors (Lipinski definition) is 5. The summed E-state index contributed by atoms with van der Waals surface area (Å²) in [5.74, 6) is 2.08. The monoisotopic (exact) mass is 370 g/mol. The summed E-state index contributed by atoms with van der Waals surface area (Å²) >= 11 is 0. The predicted octanol–water partition coefficient (Wildman–Crippen LogP) is 0.798. The van der Waals surface area contributed by atoms with Gasteiger partial charge in [-0.1, -0.05) is 6.07 Å². The molecule has 0 saturated carbocycles. The van der Waals surface area contributed by atoms with Crippen LogP contribution in [0.5, 0.6) is 11.5 Å². The van der Waals surface area contributed by atoms with E-state index in [-0.39, 0.29) is 6.79 Å². The molecule has 1 aliphatic heterocycles. The highest BCUT2D eigenvalue weighted by atomic mass is 32.2. The van der Waals surface area contributed by atoms with Gasteiger partial charge < -0.3 is 20.1 Å². The molecule has 0 radical (unpaired) electrons. The molecule has 0 bridgehead atoms. The molecular weight excluding hydrogens is 344 g/mol. The van der Waals surface area contributed by atoms with Crippen molar-refractivity contribution in [2.24, 2.45) is 4.99 Å². The third-order valence-electron chi connectivity index (χ3n) is 3.36. The van der Waals surface area contributed by atoms with E-state index < -0.39 is 15.6 Å². The molecule has 1 aromatic carbocycles. The van der Waals surface area contributed by atoms with Gasteiger partial charge in [0, 0.05) is 18.6 Å². The van der Waals surface area contributed by atoms with Crippen LogP contribution in [0.4, 0.5) is 0 Å². The number of ether oxygens (including phenoxy) is 2. The van der Waals surface area contributed by atoms with Gasteiger partial charge in [-0.15, -0.1) is 0 Å². The molecule has 0 spiro atoms. The Kier molecular flexibility index (Phi) is 6.12. The number of benzene rings is 1. The van der Waals surface area contributed by atoms with E-state index in [2.05, 4.69) is 20.3 Å². The van der Waals surface area contributed by atoms with Crippen molar-refractivity contribution in [3.63, 3.8) is 0 Å². The summed E-state index contributed by atoms with van der Waals surface area (Å²) in [5, 5.41) is 6.31. The van der Waals surface area contributed by atoms with Crippen molar-refractivity contribution in [1.82, 2.24) is 15.4 Å². The second kappa shape index (κ2) is 7.92. The molecule has 0 amide bonds. The minimum Gasteiger partial charge on any atom is -0.454 e. The minimum absolute atomic E-state index is 0.245. The zero-order chi connectivity index (χ0) is 18.5. The van der Waals surface area contributed by atoms with Crippen LogP contribution in [0.1, 0.15) is 26.3 Å². The quantitative estimate of drug-likeness (QED) is 0.485. The molecular formula is C16H26N4O4S. The first-order valence-electron chi connectivity index (χ1n) is 8.08. The summed E-state index contributed by atoms with van der Waals surface area (Å²) < 4.78 is 36.1. The lowest BCUT2D eigenvalue weighted by Gasteiger charge is -2.26. The number of nitrogens with one attached hydrogen (secondary N) is 3. The van der Waals surface area contributed by atoms with Crippen LogP contribution in [-0.4, -0.2) is 46.1 Å². The third kappa shape index (κ3) is 6.43. The highest BCUT2D eigenvalue weighted by Gasteiger charge is 2.22. The zero-order valence-corrected chi connectivity index (χ0v) is 15.9. The zero-order valence-electron chi connectivity index (χ0n) is 15.0. The number of hydrogen-bond donors (Lipinski definition) is 3. The largest absolute Gasteiger partial charge is 0.454 e. The lowest BCUT2D eigenvalue weighted by Crippen LogP contribution is -2.53. The Hall–Kier alpha value is -2.00. The van der Waals surface area contributed by atoms with Crippen molar-refractivity contribution < 1.29 is 17.9 Å². The molecule has 1 aromatic rings. The fourth-order valence-corrected chi connectivity index (χ4v) is 3.47. The van der Waals surface area contributed by atoms with E-state index in [1.54, 1.807) is 0 Å². The summed E-state index contributed by atoms with van der Waals surface area (Å²) in [7, 11) is -3.28. The maximum atomic E-state index is 11.4. The molecule has 0 saturated heterocycles. The van der Waals surface area contributed by atoms with Crippen LogP contribution in [-0.2, 0) is 16.6 Å². The number of guanidine groups is 1. The Bertz CT molecular complexity index is 732. The first-order chi connectivity index (χ1) is 11.7. The van der Waals surface area contributed by atoms with Crippen molar-refractivity contribution >= 4 is 16.0 Å². The lowest BCUT2D eigenvalue weighted by atomic mass is 10.1. The summed E-state index contributed by atoms with van der Waals surface area (Å²) in [6, 6.07) is 5.72. The van der Waals surface area contributed by atoms with E-state index >= 15 is 0 Å². The van der Waals surface area contributed by atoms with Gasteiger partial charge in [-0.25, -0.2) is 18.1 Å². The predicted molar refractivity (Wildman–Crippen MR) is 97.4 cm³/mol. The van der Waals surface area contributed by atoms with Crippen molar-refractivity contribution in [3.05, 3.63) is 23.8 Å². The maximum Gasteiger partial charge on any atom is 0.231 e. The first-order valence-corrected chi connectivity index (χ1v) is 9.97. The average Bonchev–Trinajstić information content (AvgIpc) is 2.95. The molecule has 1 aliphatic rings. The molecule has 3 N–H and O–H groups in total. The molecule has 0 fully saturated rings. The number of fused-ring (bicyclic) bond motifs is 1. The van der Waals surface area contributed by atoms with Gasteiger partial charge in [0.15, 0.2) is 17.5 Å². The van der Waals surface area contributed by atoms with E-state index in [4.69, 9.17) is 9.47 Å². The number of rotatable bonds is 7. The SMILES string of the molecule is CCNC(=NCc1ccc2c(c1)OCO2)NCC(C)(C)NS(C)(=O)=O. The number of aliphatic imine (C=N–C) groups is 1. The normalized spacial score (nSPS) is 14.5. The van der Waals surface area contributed by atoms with Crippen LogP contribution in [0.15, 0.2) is 23.2 Å². The molecule has 140 valence electrons. The Labute approximate surface area is 149 Å². The molecule has 1 heterocycles. The van der Waals surface area contributed by atoms with Crippen LogP contribution in [0.3, 0.4) is 0 Å². The second-order valence-corrected chi connectivity index (χ2v) is 8.24. The summed E-state index contributed by atoms with van der Waals surface area (Å²) in [6.45, 7) is 7.39. The molecule has 9 heteroatoms.